The van der Waals surface area contributed by atoms with Gasteiger partial charge >= 0.3 is 5.97 Å². The van der Waals surface area contributed by atoms with Gasteiger partial charge in [0.15, 0.2) is 0 Å². The Labute approximate surface area is 88.0 Å². The molecule has 0 atom stereocenters. The Bertz CT molecular complexity index is 281. The van der Waals surface area contributed by atoms with Crippen molar-refractivity contribution in [3.8, 4) is 0 Å². The average Bonchev–Trinajstić information content (AvgIpc) is 1.85. The predicted molar refractivity (Wildman–Crippen MR) is 54.5 cm³/mol. The van der Waals surface area contributed by atoms with Crippen LogP contribution in [0.5, 0.6) is 0 Å². The van der Waals surface area contributed by atoms with E-state index >= 15 is 0 Å². The predicted octanol–water partition coefficient (Wildman–Crippen LogP) is 1.13. The van der Waals surface area contributed by atoms with Gasteiger partial charge in [0.25, 0.3) is 0 Å². The summed E-state index contributed by atoms with van der Waals surface area (Å²) >= 11 is 0. The first-order valence-corrected chi connectivity index (χ1v) is 3.10. The molecule has 0 aliphatic heterocycles. The molecule has 0 spiro atoms. The van der Waals surface area contributed by atoms with E-state index in [0.717, 1.165) is 0 Å². The first-order valence-electron chi connectivity index (χ1n) is 3.10. The summed E-state index contributed by atoms with van der Waals surface area (Å²) in [6.45, 7) is 0. The van der Waals surface area contributed by atoms with Gasteiger partial charge in [0.05, 0.1) is 6.42 Å². The smallest absolute Gasteiger partial charge is 0.307 e. The summed E-state index contributed by atoms with van der Waals surface area (Å²) in [7, 11) is 0. The number of hydrogen-bond donors (Lipinski definition) is 2. The van der Waals surface area contributed by atoms with Crippen LogP contribution < -0.4 is 5.73 Å². The maximum atomic E-state index is 10.2. The number of anilines is 1. The number of carboxylic acids is 1. The zero-order valence-electron chi connectivity index (χ0n) is 6.64. The SMILES string of the molecule is Cl.Cl.Nc1cc(CC(=O)O)ccn1. The molecule has 0 saturated heterocycles. The van der Waals surface area contributed by atoms with Crippen LogP contribution in [0.2, 0.25) is 0 Å². The summed E-state index contributed by atoms with van der Waals surface area (Å²) in [6.07, 6.45) is 1.49. The molecule has 6 heteroatoms. The fourth-order valence-electron chi connectivity index (χ4n) is 0.779. The molecule has 1 aromatic heterocycles. The number of pyridine rings is 1. The Hall–Kier alpha value is -1.00. The molecule has 0 unspecified atom stereocenters. The molecule has 13 heavy (non-hydrogen) atoms. The zero-order chi connectivity index (χ0) is 8.27. The van der Waals surface area contributed by atoms with E-state index < -0.39 is 5.97 Å². The molecule has 1 rings (SSSR count). The van der Waals surface area contributed by atoms with E-state index in [0.29, 0.717) is 11.4 Å². The Balaban J connectivity index is 0. The van der Waals surface area contributed by atoms with Gasteiger partial charge in [-0.15, -0.1) is 24.8 Å². The van der Waals surface area contributed by atoms with Gasteiger partial charge in [-0.25, -0.2) is 4.98 Å². The van der Waals surface area contributed by atoms with Gasteiger partial charge in [-0.05, 0) is 17.7 Å². The average molecular weight is 225 g/mol. The van der Waals surface area contributed by atoms with Crippen molar-refractivity contribution in [1.29, 1.82) is 0 Å². The lowest BCUT2D eigenvalue weighted by atomic mass is 10.2. The molecule has 0 saturated carbocycles. The Morgan fingerprint density at radius 1 is 1.54 bits per heavy atom. The fourth-order valence-corrected chi connectivity index (χ4v) is 0.779. The number of nitrogens with zero attached hydrogens (tertiary/aromatic N) is 1. The largest absolute Gasteiger partial charge is 0.481 e. The number of aromatic nitrogens is 1. The van der Waals surface area contributed by atoms with E-state index in [1.807, 2.05) is 0 Å². The maximum Gasteiger partial charge on any atom is 0.307 e. The zero-order valence-corrected chi connectivity index (χ0v) is 8.27. The quantitative estimate of drug-likeness (QED) is 0.790. The minimum absolute atomic E-state index is 0. The Morgan fingerprint density at radius 3 is 2.62 bits per heavy atom. The molecular weight excluding hydrogens is 215 g/mol. The molecule has 0 radical (unpaired) electrons. The Kier molecular flexibility index (Phi) is 7.27. The van der Waals surface area contributed by atoms with E-state index in [4.69, 9.17) is 10.8 Å². The van der Waals surface area contributed by atoms with Crippen LogP contribution in [0.4, 0.5) is 5.82 Å². The van der Waals surface area contributed by atoms with Crippen LogP contribution in [0.15, 0.2) is 18.3 Å². The van der Waals surface area contributed by atoms with Gasteiger partial charge in [0.1, 0.15) is 5.82 Å². The summed E-state index contributed by atoms with van der Waals surface area (Å²) in [5.41, 5.74) is 6.00. The van der Waals surface area contributed by atoms with Gasteiger partial charge in [-0.1, -0.05) is 0 Å². The van der Waals surface area contributed by atoms with Crippen LogP contribution in [0.3, 0.4) is 0 Å². The molecule has 4 nitrogen and oxygen atoms in total. The molecule has 0 fully saturated rings. The van der Waals surface area contributed by atoms with Crippen LogP contribution >= 0.6 is 24.8 Å². The van der Waals surface area contributed by atoms with E-state index in [1.54, 1.807) is 12.1 Å². The van der Waals surface area contributed by atoms with Crippen molar-refractivity contribution in [1.82, 2.24) is 4.98 Å². The molecular formula is C7H10Cl2N2O2. The summed E-state index contributed by atoms with van der Waals surface area (Å²) in [5.74, 6) is -0.514. The molecule has 0 aromatic carbocycles. The van der Waals surface area contributed by atoms with Crippen LogP contribution in [0, 0.1) is 0 Å². The monoisotopic (exact) mass is 224 g/mol. The fraction of sp³-hybridized carbons (Fsp3) is 0.143. The number of carboxylic acid groups (broad SMARTS) is 1. The molecule has 1 heterocycles. The number of nitrogen functional groups attached to an aromatic ring is 1. The normalized spacial score (nSPS) is 8.00. The highest BCUT2D eigenvalue weighted by Crippen LogP contribution is 2.02. The van der Waals surface area contributed by atoms with Gasteiger partial charge < -0.3 is 10.8 Å². The highest BCUT2D eigenvalue weighted by molar-refractivity contribution is 5.85. The number of nitrogens with two attached hydrogens (primary N) is 1. The summed E-state index contributed by atoms with van der Waals surface area (Å²) in [4.78, 5) is 14.0. The first kappa shape index (κ1) is 14.5. The molecule has 3 N–H and O–H groups in total. The minimum Gasteiger partial charge on any atom is -0.481 e. The lowest BCUT2D eigenvalue weighted by molar-refractivity contribution is -0.136. The molecule has 0 amide bonds. The highest BCUT2D eigenvalue weighted by atomic mass is 35.5. The van der Waals surface area contributed by atoms with Crippen molar-refractivity contribution < 1.29 is 9.90 Å². The second-order valence-electron chi connectivity index (χ2n) is 2.16. The van der Waals surface area contributed by atoms with Crippen LogP contribution in [-0.4, -0.2) is 16.1 Å². The lowest BCUT2D eigenvalue weighted by Crippen LogP contribution is -2.01. The second kappa shape index (κ2) is 6.51. The molecule has 0 aliphatic carbocycles. The summed E-state index contributed by atoms with van der Waals surface area (Å²) in [5, 5.41) is 8.40. The number of carbonyl (C=O) groups is 1. The van der Waals surface area contributed by atoms with Crippen molar-refractivity contribution in [2.24, 2.45) is 0 Å². The topological polar surface area (TPSA) is 76.2 Å². The molecule has 74 valence electrons. The third-order valence-electron chi connectivity index (χ3n) is 1.20. The van der Waals surface area contributed by atoms with Crippen molar-refractivity contribution >= 4 is 36.6 Å². The van der Waals surface area contributed by atoms with E-state index in [9.17, 15) is 4.79 Å². The first-order chi connectivity index (χ1) is 5.18. The minimum atomic E-state index is -0.865. The Morgan fingerprint density at radius 2 is 2.15 bits per heavy atom. The summed E-state index contributed by atoms with van der Waals surface area (Å²) < 4.78 is 0. The van der Waals surface area contributed by atoms with E-state index in [1.165, 1.54) is 6.20 Å². The number of halogens is 2. The third kappa shape index (κ3) is 5.27. The van der Waals surface area contributed by atoms with E-state index in [-0.39, 0.29) is 31.2 Å². The van der Waals surface area contributed by atoms with Crippen molar-refractivity contribution in [2.45, 2.75) is 6.42 Å². The van der Waals surface area contributed by atoms with Gasteiger partial charge in [-0.3, -0.25) is 4.79 Å². The maximum absolute atomic E-state index is 10.2. The third-order valence-corrected chi connectivity index (χ3v) is 1.20. The van der Waals surface area contributed by atoms with Crippen LogP contribution in [0.1, 0.15) is 5.56 Å². The second-order valence-corrected chi connectivity index (χ2v) is 2.16. The van der Waals surface area contributed by atoms with Crippen LogP contribution in [0.25, 0.3) is 0 Å². The number of aliphatic carboxylic acids is 1. The van der Waals surface area contributed by atoms with Crippen molar-refractivity contribution in [3.05, 3.63) is 23.9 Å². The van der Waals surface area contributed by atoms with Crippen LogP contribution in [-0.2, 0) is 11.2 Å². The molecule has 0 bridgehead atoms. The van der Waals surface area contributed by atoms with Gasteiger partial charge in [0.2, 0.25) is 0 Å². The molecule has 1 aromatic rings. The highest BCUT2D eigenvalue weighted by Gasteiger charge is 1.99. The molecule has 0 aliphatic rings. The number of hydrogen-bond acceptors (Lipinski definition) is 3. The van der Waals surface area contributed by atoms with Gasteiger partial charge in [0, 0.05) is 6.20 Å². The number of rotatable bonds is 2. The lowest BCUT2D eigenvalue weighted by Gasteiger charge is -1.96. The van der Waals surface area contributed by atoms with Gasteiger partial charge in [-0.2, -0.15) is 0 Å². The van der Waals surface area contributed by atoms with Crippen molar-refractivity contribution in [2.75, 3.05) is 5.73 Å². The summed E-state index contributed by atoms with van der Waals surface area (Å²) in [6, 6.07) is 3.18. The van der Waals surface area contributed by atoms with Crippen molar-refractivity contribution in [3.63, 3.8) is 0 Å². The van der Waals surface area contributed by atoms with E-state index in [2.05, 4.69) is 4.98 Å². The standard InChI is InChI=1S/C7H8N2O2.2ClH/c8-6-3-5(1-2-9-6)4-7(10)11;;/h1-3H,4H2,(H2,8,9)(H,10,11);2*1H.